The van der Waals surface area contributed by atoms with Gasteiger partial charge in [0, 0.05) is 6.04 Å². The minimum Gasteiger partial charge on any atom is -0.349 e. The zero-order valence-electron chi connectivity index (χ0n) is 9.82. The molecule has 0 atom stereocenters. The van der Waals surface area contributed by atoms with Crippen LogP contribution in [0, 0.1) is 0 Å². The summed E-state index contributed by atoms with van der Waals surface area (Å²) in [5.41, 5.74) is 0.0186. The monoisotopic (exact) mass is 322 g/mol. The molecule has 0 saturated heterocycles. The average molecular weight is 323 g/mol. The number of nitrogens with one attached hydrogen (secondary N) is 1. The number of nitrogens with two attached hydrogens (primary N) is 1. The summed E-state index contributed by atoms with van der Waals surface area (Å²) < 4.78 is 22.6. The second-order valence-corrected chi connectivity index (χ2v) is 6.76. The summed E-state index contributed by atoms with van der Waals surface area (Å²) in [6.45, 7) is 0. The van der Waals surface area contributed by atoms with Crippen LogP contribution in [-0.2, 0) is 10.0 Å². The number of rotatable bonds is 3. The van der Waals surface area contributed by atoms with E-state index in [0.29, 0.717) is 0 Å². The number of halogens is 2. The van der Waals surface area contributed by atoms with Crippen LogP contribution in [0.2, 0.25) is 10.0 Å². The summed E-state index contributed by atoms with van der Waals surface area (Å²) in [5, 5.41) is 7.78. The van der Waals surface area contributed by atoms with Crippen LogP contribution in [0.1, 0.15) is 29.6 Å². The van der Waals surface area contributed by atoms with E-state index in [-0.39, 0.29) is 26.5 Å². The van der Waals surface area contributed by atoms with E-state index in [2.05, 4.69) is 5.32 Å². The highest BCUT2D eigenvalue weighted by Crippen LogP contribution is 2.29. The van der Waals surface area contributed by atoms with E-state index in [1.165, 1.54) is 0 Å². The summed E-state index contributed by atoms with van der Waals surface area (Å²) in [5.74, 6) is -0.443. The Morgan fingerprint density at radius 3 is 2.42 bits per heavy atom. The number of carbonyl (C=O) groups is 1. The summed E-state index contributed by atoms with van der Waals surface area (Å²) >= 11 is 11.7. The number of hydrogen-bond acceptors (Lipinski definition) is 3. The van der Waals surface area contributed by atoms with Crippen molar-refractivity contribution in [2.24, 2.45) is 5.14 Å². The second-order valence-electron chi connectivity index (χ2n) is 4.41. The van der Waals surface area contributed by atoms with Crippen molar-refractivity contribution in [3.63, 3.8) is 0 Å². The lowest BCUT2D eigenvalue weighted by Gasteiger charge is -2.26. The van der Waals surface area contributed by atoms with Gasteiger partial charge in [-0.15, -0.1) is 0 Å². The Kier molecular flexibility index (Phi) is 4.06. The standard InChI is InChI=1S/C11H12Cl2N2O3S/c12-9-5-7(19(14,17)18)4-8(10(9)13)11(16)15-6-2-1-3-6/h4-6H,1-3H2,(H,15,16)(H2,14,17,18). The van der Waals surface area contributed by atoms with Crippen molar-refractivity contribution in [1.82, 2.24) is 5.32 Å². The van der Waals surface area contributed by atoms with Crippen molar-refractivity contribution in [2.75, 3.05) is 0 Å². The molecule has 0 spiro atoms. The fourth-order valence-corrected chi connectivity index (χ4v) is 2.75. The molecule has 1 aromatic carbocycles. The molecule has 0 radical (unpaired) electrons. The highest BCUT2D eigenvalue weighted by Gasteiger charge is 2.23. The first-order valence-electron chi connectivity index (χ1n) is 5.62. The molecule has 0 heterocycles. The third-order valence-electron chi connectivity index (χ3n) is 3.02. The van der Waals surface area contributed by atoms with Gasteiger partial charge in [0.15, 0.2) is 0 Å². The van der Waals surface area contributed by atoms with Crippen LogP contribution < -0.4 is 10.5 Å². The molecule has 1 amide bonds. The zero-order chi connectivity index (χ0) is 14.2. The molecule has 0 unspecified atom stereocenters. The van der Waals surface area contributed by atoms with Gasteiger partial charge in [0.05, 0.1) is 20.5 Å². The molecule has 2 rings (SSSR count). The van der Waals surface area contributed by atoms with Gasteiger partial charge < -0.3 is 5.32 Å². The quantitative estimate of drug-likeness (QED) is 0.890. The Labute approximate surface area is 121 Å². The molecular formula is C11H12Cl2N2O3S. The van der Waals surface area contributed by atoms with Gasteiger partial charge in [-0.25, -0.2) is 13.6 Å². The molecule has 104 valence electrons. The van der Waals surface area contributed by atoms with E-state index in [1.807, 2.05) is 0 Å². The summed E-state index contributed by atoms with van der Waals surface area (Å²) in [6, 6.07) is 2.37. The lowest BCUT2D eigenvalue weighted by molar-refractivity contribution is 0.0917. The average Bonchev–Trinajstić information content (AvgIpc) is 2.25. The minimum absolute atomic E-state index is 0.0186. The van der Waals surface area contributed by atoms with E-state index in [9.17, 15) is 13.2 Å². The molecule has 1 aromatic rings. The Morgan fingerprint density at radius 1 is 1.32 bits per heavy atom. The Hall–Kier alpha value is -0.820. The number of sulfonamides is 1. The van der Waals surface area contributed by atoms with Crippen LogP contribution in [0.25, 0.3) is 0 Å². The first-order chi connectivity index (χ1) is 8.79. The third kappa shape index (κ3) is 3.20. The van der Waals surface area contributed by atoms with Crippen molar-refractivity contribution in [2.45, 2.75) is 30.2 Å². The highest BCUT2D eigenvalue weighted by molar-refractivity contribution is 7.89. The molecule has 0 bridgehead atoms. The molecule has 1 fully saturated rings. The lowest BCUT2D eigenvalue weighted by atomic mass is 9.93. The molecule has 1 aliphatic carbocycles. The molecular weight excluding hydrogens is 311 g/mol. The molecule has 1 saturated carbocycles. The maximum atomic E-state index is 12.0. The van der Waals surface area contributed by atoms with Gasteiger partial charge in [0.2, 0.25) is 10.0 Å². The number of primary sulfonamides is 1. The predicted octanol–water partition coefficient (Wildman–Crippen LogP) is 1.92. The smallest absolute Gasteiger partial charge is 0.253 e. The van der Waals surface area contributed by atoms with Crippen molar-refractivity contribution < 1.29 is 13.2 Å². The Morgan fingerprint density at radius 2 is 1.95 bits per heavy atom. The van der Waals surface area contributed by atoms with E-state index >= 15 is 0 Å². The van der Waals surface area contributed by atoms with Crippen molar-refractivity contribution in [1.29, 1.82) is 0 Å². The minimum atomic E-state index is -3.94. The normalized spacial score (nSPS) is 15.9. The van der Waals surface area contributed by atoms with Crippen molar-refractivity contribution in [3.05, 3.63) is 27.7 Å². The van der Waals surface area contributed by atoms with E-state index in [1.54, 1.807) is 0 Å². The second kappa shape index (κ2) is 5.28. The lowest BCUT2D eigenvalue weighted by Crippen LogP contribution is -2.39. The maximum Gasteiger partial charge on any atom is 0.253 e. The van der Waals surface area contributed by atoms with Crippen LogP contribution in [0.15, 0.2) is 17.0 Å². The van der Waals surface area contributed by atoms with Crippen LogP contribution in [0.4, 0.5) is 0 Å². The number of amides is 1. The van der Waals surface area contributed by atoms with Gasteiger partial charge in [-0.3, -0.25) is 4.79 Å². The first-order valence-corrected chi connectivity index (χ1v) is 7.92. The molecule has 19 heavy (non-hydrogen) atoms. The summed E-state index contributed by atoms with van der Waals surface area (Å²) in [4.78, 5) is 11.8. The molecule has 8 heteroatoms. The van der Waals surface area contributed by atoms with Crippen molar-refractivity contribution in [3.8, 4) is 0 Å². The van der Waals surface area contributed by atoms with Crippen LogP contribution in [0.3, 0.4) is 0 Å². The van der Waals surface area contributed by atoms with Gasteiger partial charge in [-0.05, 0) is 31.4 Å². The van der Waals surface area contributed by atoms with Gasteiger partial charge in [0.1, 0.15) is 0 Å². The van der Waals surface area contributed by atoms with E-state index < -0.39 is 15.9 Å². The topological polar surface area (TPSA) is 89.3 Å². The highest BCUT2D eigenvalue weighted by atomic mass is 35.5. The van der Waals surface area contributed by atoms with Gasteiger partial charge >= 0.3 is 0 Å². The largest absolute Gasteiger partial charge is 0.349 e. The number of hydrogen-bond donors (Lipinski definition) is 2. The number of benzene rings is 1. The van der Waals surface area contributed by atoms with Crippen LogP contribution in [0.5, 0.6) is 0 Å². The van der Waals surface area contributed by atoms with Gasteiger partial charge in [0.25, 0.3) is 5.91 Å². The molecule has 0 aromatic heterocycles. The third-order valence-corrected chi connectivity index (χ3v) is 4.71. The fraction of sp³-hybridized carbons (Fsp3) is 0.364. The molecule has 1 aliphatic rings. The van der Waals surface area contributed by atoms with Crippen molar-refractivity contribution >= 4 is 39.1 Å². The zero-order valence-corrected chi connectivity index (χ0v) is 12.1. The van der Waals surface area contributed by atoms with Crippen LogP contribution in [-0.4, -0.2) is 20.4 Å². The molecule has 0 aliphatic heterocycles. The molecule has 5 nitrogen and oxygen atoms in total. The fourth-order valence-electron chi connectivity index (χ4n) is 1.71. The van der Waals surface area contributed by atoms with Crippen LogP contribution >= 0.6 is 23.2 Å². The Bertz CT molecular complexity index is 627. The summed E-state index contributed by atoms with van der Waals surface area (Å²) in [7, 11) is -3.94. The first kappa shape index (κ1) is 14.6. The predicted molar refractivity (Wildman–Crippen MR) is 72.9 cm³/mol. The summed E-state index contributed by atoms with van der Waals surface area (Å²) in [6.07, 6.45) is 2.88. The Balaban J connectivity index is 2.37. The number of carbonyl (C=O) groups excluding carboxylic acids is 1. The van der Waals surface area contributed by atoms with Gasteiger partial charge in [-0.2, -0.15) is 0 Å². The maximum absolute atomic E-state index is 12.0. The van der Waals surface area contributed by atoms with E-state index in [0.717, 1.165) is 31.4 Å². The molecule has 3 N–H and O–H groups in total. The van der Waals surface area contributed by atoms with Gasteiger partial charge in [-0.1, -0.05) is 23.2 Å². The SMILES string of the molecule is NS(=O)(=O)c1cc(Cl)c(Cl)c(C(=O)NC2CCC2)c1. The van der Waals surface area contributed by atoms with E-state index in [4.69, 9.17) is 28.3 Å².